The third-order valence-electron chi connectivity index (χ3n) is 4.74. The molecule has 7 nitrogen and oxygen atoms in total. The molecule has 1 amide bonds. The van der Waals surface area contributed by atoms with E-state index in [-0.39, 0.29) is 11.9 Å². The molecule has 0 spiro atoms. The Bertz CT molecular complexity index is 715. The fourth-order valence-electron chi connectivity index (χ4n) is 3.12. The molecule has 0 unspecified atom stereocenters. The highest BCUT2D eigenvalue weighted by molar-refractivity contribution is 5.81. The van der Waals surface area contributed by atoms with Gasteiger partial charge in [0.05, 0.1) is 19.2 Å². The second-order valence-electron chi connectivity index (χ2n) is 6.32. The van der Waals surface area contributed by atoms with Crippen molar-refractivity contribution in [2.75, 3.05) is 20.3 Å². The third-order valence-corrected chi connectivity index (χ3v) is 4.74. The molecule has 1 aromatic carbocycles. The van der Waals surface area contributed by atoms with E-state index in [4.69, 9.17) is 4.74 Å². The van der Waals surface area contributed by atoms with Gasteiger partial charge in [0.15, 0.2) is 5.82 Å². The number of aromatic nitrogens is 3. The number of nitrogens with one attached hydrogen (secondary N) is 1. The van der Waals surface area contributed by atoms with Crippen molar-refractivity contribution in [2.24, 2.45) is 0 Å². The van der Waals surface area contributed by atoms with Gasteiger partial charge in [-0.3, -0.25) is 9.69 Å². The van der Waals surface area contributed by atoms with Gasteiger partial charge in [0.25, 0.3) is 0 Å². The second-order valence-corrected chi connectivity index (χ2v) is 6.32. The molecule has 1 aliphatic heterocycles. The normalized spacial score (nSPS) is 15.6. The molecule has 0 bridgehead atoms. The van der Waals surface area contributed by atoms with E-state index in [1.165, 1.54) is 11.1 Å². The molecule has 0 saturated carbocycles. The lowest BCUT2D eigenvalue weighted by atomic mass is 9.99. The molecule has 25 heavy (non-hydrogen) atoms. The average Bonchev–Trinajstić information content (AvgIpc) is 3.10. The lowest BCUT2D eigenvalue weighted by molar-refractivity contribution is -0.126. The van der Waals surface area contributed by atoms with E-state index in [1.54, 1.807) is 13.4 Å². The number of ether oxygens (including phenoxy) is 1. The number of carbonyl (C=O) groups excluding carboxylic acids is 1. The van der Waals surface area contributed by atoms with E-state index in [0.717, 1.165) is 25.3 Å². The van der Waals surface area contributed by atoms with E-state index in [0.29, 0.717) is 19.7 Å². The fourth-order valence-corrected chi connectivity index (χ4v) is 3.12. The molecular weight excluding hydrogens is 318 g/mol. The number of fused-ring (bicyclic) bond motifs is 1. The van der Waals surface area contributed by atoms with Crippen LogP contribution in [0.4, 0.5) is 0 Å². The van der Waals surface area contributed by atoms with Crippen LogP contribution in [0, 0.1) is 0 Å². The maximum absolute atomic E-state index is 12.5. The zero-order valence-electron chi connectivity index (χ0n) is 14.8. The highest BCUT2D eigenvalue weighted by atomic mass is 16.5. The molecule has 1 aromatic heterocycles. The van der Waals surface area contributed by atoms with Gasteiger partial charge in [-0.2, -0.15) is 0 Å². The summed E-state index contributed by atoms with van der Waals surface area (Å²) in [6.45, 7) is 5.30. The first kappa shape index (κ1) is 17.6. The lowest BCUT2D eigenvalue weighted by Gasteiger charge is -2.32. The van der Waals surface area contributed by atoms with Crippen molar-refractivity contribution in [2.45, 2.75) is 39.0 Å². The Kier molecular flexibility index (Phi) is 5.78. The highest BCUT2D eigenvalue weighted by Crippen LogP contribution is 2.20. The minimum Gasteiger partial charge on any atom is -0.383 e. The van der Waals surface area contributed by atoms with Gasteiger partial charge in [0.1, 0.15) is 6.33 Å². The van der Waals surface area contributed by atoms with Crippen LogP contribution in [0.2, 0.25) is 0 Å². The van der Waals surface area contributed by atoms with Crippen molar-refractivity contribution in [3.05, 3.63) is 47.5 Å². The Morgan fingerprint density at radius 3 is 2.96 bits per heavy atom. The summed E-state index contributed by atoms with van der Waals surface area (Å²) in [6.07, 6.45) is 2.64. The molecule has 1 atom stereocenters. The summed E-state index contributed by atoms with van der Waals surface area (Å²) >= 11 is 0. The first-order valence-electron chi connectivity index (χ1n) is 8.63. The van der Waals surface area contributed by atoms with Crippen LogP contribution in [0.25, 0.3) is 0 Å². The average molecular weight is 343 g/mol. The van der Waals surface area contributed by atoms with Gasteiger partial charge in [0.2, 0.25) is 5.91 Å². The molecule has 134 valence electrons. The summed E-state index contributed by atoms with van der Waals surface area (Å²) in [5, 5.41) is 11.0. The molecule has 7 heteroatoms. The summed E-state index contributed by atoms with van der Waals surface area (Å²) in [7, 11) is 1.66. The summed E-state index contributed by atoms with van der Waals surface area (Å²) < 4.78 is 6.97. The zero-order chi connectivity index (χ0) is 17.6. The fraction of sp³-hybridized carbons (Fsp3) is 0.500. The van der Waals surface area contributed by atoms with E-state index >= 15 is 0 Å². The van der Waals surface area contributed by atoms with E-state index < -0.39 is 0 Å². The van der Waals surface area contributed by atoms with Crippen molar-refractivity contribution >= 4 is 5.91 Å². The molecule has 0 aliphatic carbocycles. The third kappa shape index (κ3) is 4.24. The van der Waals surface area contributed by atoms with Gasteiger partial charge in [-0.05, 0) is 24.5 Å². The summed E-state index contributed by atoms with van der Waals surface area (Å²) in [4.78, 5) is 14.8. The topological polar surface area (TPSA) is 72.3 Å². The van der Waals surface area contributed by atoms with Gasteiger partial charge in [-0.1, -0.05) is 24.3 Å². The number of amides is 1. The predicted octanol–water partition coefficient (Wildman–Crippen LogP) is 0.988. The van der Waals surface area contributed by atoms with Crippen LogP contribution >= 0.6 is 0 Å². The van der Waals surface area contributed by atoms with Gasteiger partial charge in [0, 0.05) is 26.7 Å². The number of hydrogen-bond acceptors (Lipinski definition) is 5. The van der Waals surface area contributed by atoms with Crippen molar-refractivity contribution < 1.29 is 9.53 Å². The predicted molar refractivity (Wildman–Crippen MR) is 93.8 cm³/mol. The van der Waals surface area contributed by atoms with Crippen LogP contribution in [0.5, 0.6) is 0 Å². The summed E-state index contributed by atoms with van der Waals surface area (Å²) in [5.41, 5.74) is 2.70. The quantitative estimate of drug-likeness (QED) is 0.812. The standard InChI is InChI=1S/C18H25N5O2/c1-14(22-8-7-15-5-3-4-6-16(15)12-22)18(24)19-11-17-21-20-13-23(17)9-10-25-2/h3-6,13-14H,7-12H2,1-2H3,(H,19,24)/t14-/m0/s1. The van der Waals surface area contributed by atoms with Crippen LogP contribution in [0.15, 0.2) is 30.6 Å². The second kappa shape index (κ2) is 8.22. The van der Waals surface area contributed by atoms with Crippen LogP contribution in [0.3, 0.4) is 0 Å². The molecule has 0 radical (unpaired) electrons. The van der Waals surface area contributed by atoms with Gasteiger partial charge in [-0.25, -0.2) is 0 Å². The van der Waals surface area contributed by atoms with E-state index in [2.05, 4.69) is 44.7 Å². The Morgan fingerprint density at radius 2 is 2.16 bits per heavy atom. The molecule has 0 saturated heterocycles. The minimum atomic E-state index is -0.177. The Balaban J connectivity index is 1.54. The number of methoxy groups -OCH3 is 1. The number of rotatable bonds is 7. The first-order chi connectivity index (χ1) is 12.2. The van der Waals surface area contributed by atoms with Crippen molar-refractivity contribution in [3.63, 3.8) is 0 Å². The summed E-state index contributed by atoms with van der Waals surface area (Å²) in [5.74, 6) is 0.752. The Morgan fingerprint density at radius 1 is 1.36 bits per heavy atom. The van der Waals surface area contributed by atoms with Crippen LogP contribution < -0.4 is 5.32 Å². The molecular formula is C18H25N5O2. The molecule has 2 aromatic rings. The zero-order valence-corrected chi connectivity index (χ0v) is 14.8. The molecule has 0 fully saturated rings. The minimum absolute atomic E-state index is 0.0145. The van der Waals surface area contributed by atoms with Crippen LogP contribution in [-0.4, -0.2) is 51.9 Å². The van der Waals surface area contributed by atoms with Gasteiger partial charge < -0.3 is 14.6 Å². The van der Waals surface area contributed by atoms with Crippen molar-refractivity contribution in [1.29, 1.82) is 0 Å². The Labute approximate surface area is 148 Å². The van der Waals surface area contributed by atoms with Gasteiger partial charge >= 0.3 is 0 Å². The number of nitrogens with zero attached hydrogens (tertiary/aromatic N) is 4. The maximum atomic E-state index is 12.5. The molecule has 2 heterocycles. The largest absolute Gasteiger partial charge is 0.383 e. The smallest absolute Gasteiger partial charge is 0.237 e. The Hall–Kier alpha value is -2.25. The van der Waals surface area contributed by atoms with E-state index in [1.807, 2.05) is 11.5 Å². The number of hydrogen-bond donors (Lipinski definition) is 1. The van der Waals surface area contributed by atoms with Crippen molar-refractivity contribution in [1.82, 2.24) is 25.0 Å². The lowest BCUT2D eigenvalue weighted by Crippen LogP contribution is -2.47. The molecule has 1 aliphatic rings. The summed E-state index contributed by atoms with van der Waals surface area (Å²) in [6, 6.07) is 8.27. The van der Waals surface area contributed by atoms with Crippen molar-refractivity contribution in [3.8, 4) is 0 Å². The number of benzene rings is 1. The monoisotopic (exact) mass is 343 g/mol. The molecule has 3 rings (SSSR count). The highest BCUT2D eigenvalue weighted by Gasteiger charge is 2.25. The number of carbonyl (C=O) groups is 1. The van der Waals surface area contributed by atoms with Crippen LogP contribution in [-0.2, 0) is 35.6 Å². The van der Waals surface area contributed by atoms with E-state index in [9.17, 15) is 4.79 Å². The SMILES string of the molecule is COCCn1cnnc1CNC(=O)[C@H](C)N1CCc2ccccc2C1. The maximum Gasteiger partial charge on any atom is 0.237 e. The van der Waals surface area contributed by atoms with Gasteiger partial charge in [-0.15, -0.1) is 10.2 Å². The first-order valence-corrected chi connectivity index (χ1v) is 8.63. The van der Waals surface area contributed by atoms with Crippen LogP contribution in [0.1, 0.15) is 23.9 Å². The molecule has 1 N–H and O–H groups in total.